The van der Waals surface area contributed by atoms with Gasteiger partial charge >= 0.3 is 0 Å². The second kappa shape index (κ2) is 8.26. The summed E-state index contributed by atoms with van der Waals surface area (Å²) in [4.78, 5) is 19.0. The van der Waals surface area contributed by atoms with Crippen molar-refractivity contribution < 1.29 is 4.79 Å². The predicted octanol–water partition coefficient (Wildman–Crippen LogP) is 3.22. The topological polar surface area (TPSA) is 45.2 Å². The van der Waals surface area contributed by atoms with Crippen LogP contribution in [0.25, 0.3) is 0 Å². The number of aromatic nitrogens is 1. The average molecular weight is 337 g/mol. The van der Waals surface area contributed by atoms with Gasteiger partial charge in [-0.3, -0.25) is 9.78 Å². The fraction of sp³-hybridized carbons (Fsp3) is 0.429. The molecule has 0 aliphatic carbocycles. The van der Waals surface area contributed by atoms with Gasteiger partial charge in [-0.05, 0) is 50.5 Å². The lowest BCUT2D eigenvalue weighted by molar-refractivity contribution is 0.0702. The number of pyridine rings is 1. The van der Waals surface area contributed by atoms with Crippen LogP contribution in [-0.4, -0.2) is 41.0 Å². The van der Waals surface area contributed by atoms with E-state index < -0.39 is 0 Å². The molecular weight excluding hydrogens is 310 g/mol. The van der Waals surface area contributed by atoms with E-state index in [1.165, 1.54) is 11.3 Å². The van der Waals surface area contributed by atoms with E-state index in [2.05, 4.69) is 30.2 Å². The zero-order valence-corrected chi connectivity index (χ0v) is 15.1. The van der Waals surface area contributed by atoms with Crippen LogP contribution in [0.1, 0.15) is 41.4 Å². The number of hydrogen-bond acceptors (Lipinski definition) is 3. The Morgan fingerprint density at radius 3 is 2.60 bits per heavy atom. The van der Waals surface area contributed by atoms with E-state index in [-0.39, 0.29) is 5.91 Å². The molecule has 1 unspecified atom stereocenters. The van der Waals surface area contributed by atoms with Crippen LogP contribution in [0.5, 0.6) is 0 Å². The van der Waals surface area contributed by atoms with Gasteiger partial charge in [-0.15, -0.1) is 0 Å². The predicted molar refractivity (Wildman–Crippen MR) is 101 cm³/mol. The first-order chi connectivity index (χ1) is 12.1. The molecule has 1 fully saturated rings. The summed E-state index contributed by atoms with van der Waals surface area (Å²) < 4.78 is 0. The minimum Gasteiger partial charge on any atom is -0.339 e. The normalized spacial score (nSPS) is 16.6. The van der Waals surface area contributed by atoms with Gasteiger partial charge in [0.05, 0.1) is 0 Å². The van der Waals surface area contributed by atoms with Gasteiger partial charge in [0.25, 0.3) is 5.91 Å². The summed E-state index contributed by atoms with van der Waals surface area (Å²) in [5, 5.41) is 3.72. The molecule has 1 aliphatic rings. The molecule has 3 rings (SSSR count). The van der Waals surface area contributed by atoms with Gasteiger partial charge in [-0.25, -0.2) is 0 Å². The Morgan fingerprint density at radius 2 is 1.92 bits per heavy atom. The van der Waals surface area contributed by atoms with Gasteiger partial charge in [0.15, 0.2) is 0 Å². The molecule has 1 atom stereocenters. The number of carbonyl (C=O) groups is 1. The molecule has 1 aromatic carbocycles. The molecule has 0 bridgehead atoms. The molecule has 25 heavy (non-hydrogen) atoms. The fourth-order valence-corrected chi connectivity index (χ4v) is 3.50. The van der Waals surface area contributed by atoms with E-state index in [4.69, 9.17) is 0 Å². The Morgan fingerprint density at radius 1 is 1.20 bits per heavy atom. The first kappa shape index (κ1) is 17.6. The number of benzene rings is 1. The summed E-state index contributed by atoms with van der Waals surface area (Å²) in [6.07, 6.45) is 4.81. The van der Waals surface area contributed by atoms with Crippen LogP contribution in [0.3, 0.4) is 0 Å². The number of amides is 1. The first-order valence-corrected chi connectivity index (χ1v) is 9.14. The second-order valence-electron chi connectivity index (χ2n) is 6.97. The van der Waals surface area contributed by atoms with E-state index in [0.717, 1.165) is 37.9 Å². The van der Waals surface area contributed by atoms with E-state index in [9.17, 15) is 4.79 Å². The van der Waals surface area contributed by atoms with Crippen LogP contribution >= 0.6 is 0 Å². The Balaban J connectivity index is 1.48. The standard InChI is InChI=1S/C21H27N3O/c1-16-7-6-12-22-20(16)15-17(2)23-19-10-13-24(14-11-19)21(25)18-8-4-3-5-9-18/h3-9,12,17,19,23H,10-11,13-15H2,1-2H3. The van der Waals surface area contributed by atoms with Crippen LogP contribution in [0, 0.1) is 6.92 Å². The van der Waals surface area contributed by atoms with Gasteiger partial charge in [0.2, 0.25) is 0 Å². The third-order valence-electron chi connectivity index (χ3n) is 4.94. The molecule has 1 aliphatic heterocycles. The Hall–Kier alpha value is -2.20. The smallest absolute Gasteiger partial charge is 0.253 e. The van der Waals surface area contributed by atoms with E-state index in [1.807, 2.05) is 47.5 Å². The number of likely N-dealkylation sites (tertiary alicyclic amines) is 1. The quantitative estimate of drug-likeness (QED) is 0.911. The summed E-state index contributed by atoms with van der Waals surface area (Å²) in [5.41, 5.74) is 3.20. The summed E-state index contributed by atoms with van der Waals surface area (Å²) in [7, 11) is 0. The van der Waals surface area contributed by atoms with Gasteiger partial charge in [0.1, 0.15) is 0 Å². The maximum absolute atomic E-state index is 12.5. The van der Waals surface area contributed by atoms with Crippen LogP contribution in [0.15, 0.2) is 48.7 Å². The Kier molecular flexibility index (Phi) is 5.82. The zero-order chi connectivity index (χ0) is 17.6. The monoisotopic (exact) mass is 337 g/mol. The minimum absolute atomic E-state index is 0.149. The molecule has 0 saturated carbocycles. The maximum Gasteiger partial charge on any atom is 0.253 e. The number of rotatable bonds is 5. The number of carbonyl (C=O) groups excluding carboxylic acids is 1. The molecule has 132 valence electrons. The second-order valence-corrected chi connectivity index (χ2v) is 6.97. The van der Waals surface area contributed by atoms with Crippen molar-refractivity contribution in [3.63, 3.8) is 0 Å². The van der Waals surface area contributed by atoms with Gasteiger partial charge < -0.3 is 10.2 Å². The minimum atomic E-state index is 0.149. The highest BCUT2D eigenvalue weighted by molar-refractivity contribution is 5.94. The van der Waals surface area contributed by atoms with Crippen LogP contribution < -0.4 is 5.32 Å². The molecule has 1 N–H and O–H groups in total. The summed E-state index contributed by atoms with van der Waals surface area (Å²) in [5.74, 6) is 0.149. The highest BCUT2D eigenvalue weighted by Crippen LogP contribution is 2.15. The zero-order valence-electron chi connectivity index (χ0n) is 15.1. The van der Waals surface area contributed by atoms with Gasteiger partial charge in [-0.2, -0.15) is 0 Å². The molecule has 1 aromatic heterocycles. The number of aryl methyl sites for hydroxylation is 1. The molecule has 2 aromatic rings. The van der Waals surface area contributed by atoms with Gasteiger partial charge in [0, 0.05) is 49.0 Å². The molecule has 2 heterocycles. The van der Waals surface area contributed by atoms with E-state index in [0.29, 0.717) is 12.1 Å². The van der Waals surface area contributed by atoms with Crippen LogP contribution in [-0.2, 0) is 6.42 Å². The largest absolute Gasteiger partial charge is 0.339 e. The van der Waals surface area contributed by atoms with Crippen molar-refractivity contribution in [3.05, 3.63) is 65.5 Å². The number of nitrogens with one attached hydrogen (secondary N) is 1. The Bertz CT molecular complexity index is 693. The van der Waals surface area contributed by atoms with Crippen molar-refractivity contribution >= 4 is 5.91 Å². The number of nitrogens with zero attached hydrogens (tertiary/aromatic N) is 2. The third-order valence-corrected chi connectivity index (χ3v) is 4.94. The van der Waals surface area contributed by atoms with Crippen molar-refractivity contribution in [2.45, 2.75) is 45.2 Å². The average Bonchev–Trinajstić information content (AvgIpc) is 2.64. The molecule has 0 spiro atoms. The van der Waals surface area contributed by atoms with Gasteiger partial charge in [-0.1, -0.05) is 24.3 Å². The molecule has 1 saturated heterocycles. The van der Waals surface area contributed by atoms with Crippen molar-refractivity contribution in [2.24, 2.45) is 0 Å². The van der Waals surface area contributed by atoms with E-state index >= 15 is 0 Å². The number of hydrogen-bond donors (Lipinski definition) is 1. The highest BCUT2D eigenvalue weighted by Gasteiger charge is 2.24. The van der Waals surface area contributed by atoms with Crippen molar-refractivity contribution in [1.29, 1.82) is 0 Å². The number of piperidine rings is 1. The fourth-order valence-electron chi connectivity index (χ4n) is 3.50. The lowest BCUT2D eigenvalue weighted by Crippen LogP contribution is -2.47. The van der Waals surface area contributed by atoms with Crippen molar-refractivity contribution in [3.8, 4) is 0 Å². The first-order valence-electron chi connectivity index (χ1n) is 9.14. The molecular formula is C21H27N3O. The third kappa shape index (κ3) is 4.67. The summed E-state index contributed by atoms with van der Waals surface area (Å²) in [6.45, 7) is 5.97. The summed E-state index contributed by atoms with van der Waals surface area (Å²) in [6, 6.07) is 14.5. The Labute approximate surface area is 150 Å². The van der Waals surface area contributed by atoms with Crippen LogP contribution in [0.4, 0.5) is 0 Å². The molecule has 1 amide bonds. The van der Waals surface area contributed by atoms with Crippen LogP contribution in [0.2, 0.25) is 0 Å². The summed E-state index contributed by atoms with van der Waals surface area (Å²) >= 11 is 0. The molecule has 4 heteroatoms. The highest BCUT2D eigenvalue weighted by atomic mass is 16.2. The SMILES string of the molecule is Cc1cccnc1CC(C)NC1CCN(C(=O)c2ccccc2)CC1. The molecule has 4 nitrogen and oxygen atoms in total. The lowest BCUT2D eigenvalue weighted by atomic mass is 10.0. The maximum atomic E-state index is 12.5. The van der Waals surface area contributed by atoms with Crippen molar-refractivity contribution in [2.75, 3.05) is 13.1 Å². The van der Waals surface area contributed by atoms with Crippen molar-refractivity contribution in [1.82, 2.24) is 15.2 Å². The molecule has 0 radical (unpaired) electrons. The van der Waals surface area contributed by atoms with E-state index in [1.54, 1.807) is 0 Å². The lowest BCUT2D eigenvalue weighted by Gasteiger charge is -2.34.